The van der Waals surface area contributed by atoms with Crippen molar-refractivity contribution in [2.45, 2.75) is 39.0 Å². The number of anilines is 1. The van der Waals surface area contributed by atoms with Crippen LogP contribution < -0.4 is 10.6 Å². The van der Waals surface area contributed by atoms with E-state index < -0.39 is 0 Å². The summed E-state index contributed by atoms with van der Waals surface area (Å²) < 4.78 is 5.46. The summed E-state index contributed by atoms with van der Waals surface area (Å²) in [5.41, 5.74) is 7.31. The fourth-order valence-electron chi connectivity index (χ4n) is 6.64. The number of rotatable bonds is 7. The maximum absolute atomic E-state index is 12.7. The number of likely N-dealkylation sites (tertiary alicyclic amines) is 1. The smallest absolute Gasteiger partial charge is 0.328 e. The number of nitrogens with zero attached hydrogens (tertiary/aromatic N) is 8. The molecule has 2 aromatic carbocycles. The van der Waals surface area contributed by atoms with Crippen molar-refractivity contribution in [3.63, 3.8) is 0 Å². The van der Waals surface area contributed by atoms with Gasteiger partial charge in [-0.3, -0.25) is 13.7 Å². The Hall–Kier alpha value is -4.44. The first-order valence-electron chi connectivity index (χ1n) is 15.3. The monoisotopic (exact) mass is 577 g/mol. The van der Waals surface area contributed by atoms with Crippen LogP contribution in [0, 0.1) is 6.92 Å². The van der Waals surface area contributed by atoms with Crippen molar-refractivity contribution < 1.29 is 0 Å². The number of aromatic amines is 1. The topological polar surface area (TPSA) is 92.8 Å². The van der Waals surface area contributed by atoms with Crippen molar-refractivity contribution in [2.24, 2.45) is 14.1 Å². The first-order chi connectivity index (χ1) is 20.9. The lowest BCUT2D eigenvalue weighted by atomic mass is 10.1. The molecular weight excluding hydrogens is 538 g/mol. The molecule has 0 saturated carbocycles. The normalized spacial score (nSPS) is 14.7. The predicted molar refractivity (Wildman–Crippen MR) is 173 cm³/mol. The van der Waals surface area contributed by atoms with Crippen LogP contribution in [-0.2, 0) is 14.1 Å². The molecule has 1 aliphatic rings. The highest BCUT2D eigenvalue weighted by Crippen LogP contribution is 2.35. The second kappa shape index (κ2) is 11.0. The summed E-state index contributed by atoms with van der Waals surface area (Å²) in [6.45, 7) is 6.49. The first kappa shape index (κ1) is 27.4. The Morgan fingerprint density at radius 3 is 2.56 bits per heavy atom. The molecule has 43 heavy (non-hydrogen) atoms. The SMILES string of the molecule is Cc1ccc2c(-c3nc4c(N(C)CCCN5CCCCCC5)ncnc4n3-c3ccc4c(c3)n(C)c(=O)n4C)c[nH]c2c1. The van der Waals surface area contributed by atoms with Gasteiger partial charge in [0.2, 0.25) is 0 Å². The van der Waals surface area contributed by atoms with Crippen LogP contribution in [0.3, 0.4) is 0 Å². The quantitative estimate of drug-likeness (QED) is 0.282. The third-order valence-corrected chi connectivity index (χ3v) is 9.04. The van der Waals surface area contributed by atoms with Crippen LogP contribution in [-0.4, -0.2) is 71.8 Å². The number of hydrogen-bond acceptors (Lipinski definition) is 6. The van der Waals surface area contributed by atoms with Crippen molar-refractivity contribution in [3.8, 4) is 17.1 Å². The van der Waals surface area contributed by atoms with Gasteiger partial charge in [-0.15, -0.1) is 0 Å². The third kappa shape index (κ3) is 4.79. The van der Waals surface area contributed by atoms with E-state index in [1.54, 1.807) is 22.5 Å². The van der Waals surface area contributed by atoms with Gasteiger partial charge in [-0.25, -0.2) is 19.7 Å². The molecule has 6 aromatic rings. The van der Waals surface area contributed by atoms with Gasteiger partial charge < -0.3 is 14.8 Å². The molecule has 0 bridgehead atoms. The zero-order chi connectivity index (χ0) is 29.7. The minimum Gasteiger partial charge on any atom is -0.360 e. The molecular formula is C33H39N9O. The number of benzene rings is 2. The molecule has 0 atom stereocenters. The Morgan fingerprint density at radius 2 is 1.74 bits per heavy atom. The van der Waals surface area contributed by atoms with Crippen molar-refractivity contribution in [2.75, 3.05) is 38.1 Å². The summed E-state index contributed by atoms with van der Waals surface area (Å²) in [6.07, 6.45) is 10.0. The number of aryl methyl sites for hydroxylation is 3. The molecule has 1 aliphatic heterocycles. The van der Waals surface area contributed by atoms with Crippen LogP contribution in [0.4, 0.5) is 5.82 Å². The molecule has 5 heterocycles. The third-order valence-electron chi connectivity index (χ3n) is 9.04. The maximum atomic E-state index is 12.7. The van der Waals surface area contributed by atoms with Crippen molar-refractivity contribution in [3.05, 3.63) is 65.0 Å². The van der Waals surface area contributed by atoms with E-state index in [0.717, 1.165) is 75.5 Å². The predicted octanol–water partition coefficient (Wildman–Crippen LogP) is 5.16. The van der Waals surface area contributed by atoms with E-state index >= 15 is 0 Å². The summed E-state index contributed by atoms with van der Waals surface area (Å²) in [5.74, 6) is 1.61. The van der Waals surface area contributed by atoms with E-state index in [2.05, 4.69) is 51.5 Å². The number of imidazole rings is 2. The molecule has 1 saturated heterocycles. The molecule has 4 aromatic heterocycles. The Labute approximate surface area is 250 Å². The summed E-state index contributed by atoms with van der Waals surface area (Å²) in [4.78, 5) is 35.8. The molecule has 1 N–H and O–H groups in total. The van der Waals surface area contributed by atoms with Crippen LogP contribution in [0.15, 0.2) is 53.7 Å². The molecule has 0 amide bonds. The number of hydrogen-bond donors (Lipinski definition) is 1. The fourth-order valence-corrected chi connectivity index (χ4v) is 6.64. The lowest BCUT2D eigenvalue weighted by molar-refractivity contribution is 0.283. The van der Waals surface area contributed by atoms with Crippen LogP contribution in [0.25, 0.3) is 50.2 Å². The molecule has 0 radical (unpaired) electrons. The minimum absolute atomic E-state index is 0.0544. The van der Waals surface area contributed by atoms with Crippen molar-refractivity contribution in [1.82, 2.24) is 38.5 Å². The van der Waals surface area contributed by atoms with E-state index in [1.807, 2.05) is 31.4 Å². The lowest BCUT2D eigenvalue weighted by Gasteiger charge is -2.23. The highest BCUT2D eigenvalue weighted by Gasteiger charge is 2.23. The molecule has 1 fully saturated rings. The lowest BCUT2D eigenvalue weighted by Crippen LogP contribution is -2.29. The van der Waals surface area contributed by atoms with Gasteiger partial charge in [0, 0.05) is 50.4 Å². The maximum Gasteiger partial charge on any atom is 0.328 e. The molecule has 0 spiro atoms. The first-order valence-corrected chi connectivity index (χ1v) is 15.3. The zero-order valence-corrected chi connectivity index (χ0v) is 25.5. The van der Waals surface area contributed by atoms with Gasteiger partial charge in [-0.2, -0.15) is 0 Å². The van der Waals surface area contributed by atoms with Crippen molar-refractivity contribution >= 4 is 38.9 Å². The van der Waals surface area contributed by atoms with E-state index in [9.17, 15) is 4.79 Å². The van der Waals surface area contributed by atoms with Crippen LogP contribution in [0.1, 0.15) is 37.7 Å². The van der Waals surface area contributed by atoms with Crippen LogP contribution in [0.5, 0.6) is 0 Å². The van der Waals surface area contributed by atoms with Crippen LogP contribution >= 0.6 is 0 Å². The van der Waals surface area contributed by atoms with Gasteiger partial charge in [0.25, 0.3) is 0 Å². The van der Waals surface area contributed by atoms with E-state index in [-0.39, 0.29) is 5.69 Å². The molecule has 10 nitrogen and oxygen atoms in total. The fraction of sp³-hybridized carbons (Fsp3) is 0.394. The zero-order valence-electron chi connectivity index (χ0n) is 25.5. The Kier molecular flexibility index (Phi) is 7.01. The van der Waals surface area contributed by atoms with Gasteiger partial charge in [0.05, 0.1) is 16.7 Å². The highest BCUT2D eigenvalue weighted by molar-refractivity contribution is 5.98. The second-order valence-corrected chi connectivity index (χ2v) is 12.0. The number of H-pyrrole nitrogens is 1. The number of aromatic nitrogens is 7. The summed E-state index contributed by atoms with van der Waals surface area (Å²) in [5, 5.41) is 1.09. The van der Waals surface area contributed by atoms with E-state index in [0.29, 0.717) is 0 Å². The molecule has 0 aliphatic carbocycles. The van der Waals surface area contributed by atoms with Gasteiger partial charge in [-0.1, -0.05) is 25.0 Å². The summed E-state index contributed by atoms with van der Waals surface area (Å²) in [7, 11) is 5.71. The Morgan fingerprint density at radius 1 is 0.953 bits per heavy atom. The highest BCUT2D eigenvalue weighted by atomic mass is 16.1. The largest absolute Gasteiger partial charge is 0.360 e. The van der Waals surface area contributed by atoms with Gasteiger partial charge in [0.15, 0.2) is 17.0 Å². The van der Waals surface area contributed by atoms with Gasteiger partial charge >= 0.3 is 5.69 Å². The second-order valence-electron chi connectivity index (χ2n) is 12.0. The molecule has 222 valence electrons. The molecule has 7 rings (SSSR count). The van der Waals surface area contributed by atoms with Gasteiger partial charge in [0.1, 0.15) is 12.2 Å². The number of fused-ring (bicyclic) bond motifs is 3. The average Bonchev–Trinajstić information content (AvgIpc) is 3.58. The minimum atomic E-state index is -0.0544. The Balaban J connectivity index is 1.34. The van der Waals surface area contributed by atoms with E-state index in [1.165, 1.54) is 44.3 Å². The number of nitrogens with one attached hydrogen (secondary N) is 1. The van der Waals surface area contributed by atoms with Gasteiger partial charge in [-0.05, 0) is 75.6 Å². The molecule has 10 heteroatoms. The summed E-state index contributed by atoms with van der Waals surface area (Å²) in [6, 6.07) is 12.5. The molecule has 0 unspecified atom stereocenters. The van der Waals surface area contributed by atoms with Crippen molar-refractivity contribution in [1.29, 1.82) is 0 Å². The summed E-state index contributed by atoms with van der Waals surface area (Å²) >= 11 is 0. The Bertz CT molecular complexity index is 2000. The van der Waals surface area contributed by atoms with E-state index in [4.69, 9.17) is 15.0 Å². The average molecular weight is 578 g/mol. The van der Waals surface area contributed by atoms with Crippen LogP contribution in [0.2, 0.25) is 0 Å². The standard InChI is InChI=1S/C33H39N9O/c1-22-10-12-24-25(20-34-26(24)18-22)30-37-29-31(38(2)14-9-17-41-15-7-5-6-8-16-41)35-21-36-32(29)42(30)23-11-13-27-28(19-23)40(4)33(43)39(27)3/h10-13,18-21,34H,5-9,14-17H2,1-4H3.